The number of carbonyl (C=O) groups excluding carboxylic acids is 1. The number of benzene rings is 1. The van der Waals surface area contributed by atoms with Crippen molar-refractivity contribution in [3.05, 3.63) is 46.2 Å². The van der Waals surface area contributed by atoms with Crippen LogP contribution in [0.2, 0.25) is 5.15 Å². The first-order valence-electron chi connectivity index (χ1n) is 10.3. The van der Waals surface area contributed by atoms with Gasteiger partial charge in [0, 0.05) is 0 Å². The van der Waals surface area contributed by atoms with Crippen LogP contribution in [0.25, 0.3) is 10.9 Å². The Bertz CT molecular complexity index is 1240. The van der Waals surface area contributed by atoms with Gasteiger partial charge in [-0.2, -0.15) is 9.94 Å². The Hall–Kier alpha value is -3.31. The second-order valence-electron chi connectivity index (χ2n) is 8.56. The lowest BCUT2D eigenvalue weighted by atomic mass is 9.92. The minimum Gasteiger partial charge on any atom is -0.484 e. The topological polar surface area (TPSA) is 99.3 Å². The minimum atomic E-state index is -0.653. The molecule has 1 atom stereocenters. The van der Waals surface area contributed by atoms with Crippen molar-refractivity contribution in [1.82, 2.24) is 14.8 Å². The van der Waals surface area contributed by atoms with Gasteiger partial charge in [0.05, 0.1) is 29.3 Å². The van der Waals surface area contributed by atoms with Crippen LogP contribution >= 0.6 is 11.6 Å². The molecule has 32 heavy (non-hydrogen) atoms. The van der Waals surface area contributed by atoms with E-state index in [0.29, 0.717) is 28.1 Å². The Labute approximate surface area is 190 Å². The standard InChI is InChI=1S/C23H23ClN4O4/c1-23(2,3)32-22(29)28-17-9-8-15(11-16(17)21(27-28)30-4)31-18-7-5-6-13-10-14(12-25)20(24)26-19(13)18/h8-11,18H,5-7H2,1-4H3/t18-/m1/s1. The number of fused-ring (bicyclic) bond motifs is 2. The number of hydrogen-bond acceptors (Lipinski definition) is 7. The van der Waals surface area contributed by atoms with Crippen LogP contribution in [0.5, 0.6) is 11.6 Å². The van der Waals surface area contributed by atoms with E-state index in [2.05, 4.69) is 16.2 Å². The fourth-order valence-electron chi connectivity index (χ4n) is 3.73. The first-order valence-corrected chi connectivity index (χ1v) is 10.6. The van der Waals surface area contributed by atoms with Crippen molar-refractivity contribution in [2.45, 2.75) is 51.7 Å². The number of rotatable bonds is 3. The van der Waals surface area contributed by atoms with Gasteiger partial charge in [-0.3, -0.25) is 0 Å². The molecule has 0 bridgehead atoms. The van der Waals surface area contributed by atoms with E-state index in [4.69, 9.17) is 25.8 Å². The van der Waals surface area contributed by atoms with Crippen LogP contribution in [0.4, 0.5) is 4.79 Å². The van der Waals surface area contributed by atoms with Gasteiger partial charge >= 0.3 is 6.09 Å². The number of halogens is 1. The molecular formula is C23H23ClN4O4. The zero-order valence-corrected chi connectivity index (χ0v) is 19.1. The average Bonchev–Trinajstić information content (AvgIpc) is 3.11. The Kier molecular flexibility index (Phi) is 5.70. The summed E-state index contributed by atoms with van der Waals surface area (Å²) >= 11 is 6.16. The molecule has 0 aliphatic heterocycles. The third-order valence-corrected chi connectivity index (χ3v) is 5.37. The molecule has 0 fully saturated rings. The zero-order valence-electron chi connectivity index (χ0n) is 18.3. The largest absolute Gasteiger partial charge is 0.484 e. The van der Waals surface area contributed by atoms with E-state index >= 15 is 0 Å². The quantitative estimate of drug-likeness (QED) is 0.501. The molecule has 0 amide bonds. The predicted molar refractivity (Wildman–Crippen MR) is 118 cm³/mol. The molecule has 1 aliphatic carbocycles. The summed E-state index contributed by atoms with van der Waals surface area (Å²) in [5.41, 5.74) is 1.98. The van der Waals surface area contributed by atoms with Gasteiger partial charge in [0.25, 0.3) is 0 Å². The monoisotopic (exact) mass is 454 g/mol. The van der Waals surface area contributed by atoms with Crippen molar-refractivity contribution in [2.75, 3.05) is 7.11 Å². The molecule has 2 aromatic heterocycles. The summed E-state index contributed by atoms with van der Waals surface area (Å²) in [5, 5.41) is 14.3. The molecule has 0 spiro atoms. The molecule has 9 heteroatoms. The van der Waals surface area contributed by atoms with Gasteiger partial charge in [-0.05, 0) is 69.9 Å². The number of nitrogens with zero attached hydrogens (tertiary/aromatic N) is 4. The van der Waals surface area contributed by atoms with Gasteiger partial charge in [-0.1, -0.05) is 11.6 Å². The highest BCUT2D eigenvalue weighted by Crippen LogP contribution is 2.36. The van der Waals surface area contributed by atoms with Crippen LogP contribution < -0.4 is 9.47 Å². The predicted octanol–water partition coefficient (Wildman–Crippen LogP) is 5.20. The van der Waals surface area contributed by atoms with E-state index in [1.165, 1.54) is 11.8 Å². The molecule has 0 saturated heterocycles. The maximum atomic E-state index is 12.6. The number of carbonyl (C=O) groups is 1. The van der Waals surface area contributed by atoms with Crippen LogP contribution in [-0.4, -0.2) is 33.6 Å². The van der Waals surface area contributed by atoms with E-state index in [1.807, 2.05) is 0 Å². The first kappa shape index (κ1) is 21.9. The summed E-state index contributed by atoms with van der Waals surface area (Å²) in [5.74, 6) is 0.875. The smallest absolute Gasteiger partial charge is 0.435 e. The molecule has 0 unspecified atom stereocenters. The maximum absolute atomic E-state index is 12.6. The summed E-state index contributed by atoms with van der Waals surface area (Å²) in [6.45, 7) is 5.38. The van der Waals surface area contributed by atoms with Crippen molar-refractivity contribution in [3.63, 3.8) is 0 Å². The zero-order chi connectivity index (χ0) is 23.0. The van der Waals surface area contributed by atoms with Gasteiger partial charge < -0.3 is 14.2 Å². The Morgan fingerprint density at radius 2 is 2.09 bits per heavy atom. The summed E-state index contributed by atoms with van der Waals surface area (Å²) in [7, 11) is 1.49. The molecule has 0 N–H and O–H groups in total. The normalized spacial score (nSPS) is 15.7. The molecule has 1 aromatic carbocycles. The lowest BCUT2D eigenvalue weighted by Crippen LogP contribution is -2.27. The fourth-order valence-corrected chi connectivity index (χ4v) is 3.92. The van der Waals surface area contributed by atoms with Gasteiger partial charge in [-0.25, -0.2) is 9.78 Å². The van der Waals surface area contributed by atoms with Crippen molar-refractivity contribution in [1.29, 1.82) is 5.26 Å². The van der Waals surface area contributed by atoms with E-state index < -0.39 is 11.7 Å². The average molecular weight is 455 g/mol. The second-order valence-corrected chi connectivity index (χ2v) is 8.92. The van der Waals surface area contributed by atoms with Gasteiger partial charge in [0.2, 0.25) is 5.88 Å². The van der Waals surface area contributed by atoms with Crippen molar-refractivity contribution in [2.24, 2.45) is 0 Å². The molecule has 166 valence electrons. The van der Waals surface area contributed by atoms with Crippen LogP contribution in [0.1, 0.15) is 56.5 Å². The van der Waals surface area contributed by atoms with Gasteiger partial charge in [0.15, 0.2) is 0 Å². The molecule has 2 heterocycles. The van der Waals surface area contributed by atoms with Crippen LogP contribution in [0.15, 0.2) is 24.3 Å². The van der Waals surface area contributed by atoms with E-state index in [0.717, 1.165) is 30.5 Å². The third-order valence-electron chi connectivity index (χ3n) is 5.08. The lowest BCUT2D eigenvalue weighted by molar-refractivity contribution is 0.0520. The van der Waals surface area contributed by atoms with E-state index in [-0.39, 0.29) is 11.3 Å². The van der Waals surface area contributed by atoms with Crippen LogP contribution in [0, 0.1) is 11.3 Å². The summed E-state index contributed by atoms with van der Waals surface area (Å²) in [4.78, 5) is 17.0. The first-order chi connectivity index (χ1) is 15.2. The van der Waals surface area contributed by atoms with Crippen LogP contribution in [-0.2, 0) is 11.2 Å². The third kappa shape index (κ3) is 4.21. The molecule has 1 aliphatic rings. The highest BCUT2D eigenvalue weighted by atomic mass is 35.5. The fraction of sp³-hybridized carbons (Fsp3) is 0.391. The van der Waals surface area contributed by atoms with Gasteiger partial charge in [-0.15, -0.1) is 5.10 Å². The summed E-state index contributed by atoms with van der Waals surface area (Å²) in [6.07, 6.45) is 1.62. The maximum Gasteiger partial charge on any atom is 0.435 e. The Morgan fingerprint density at radius 3 is 2.78 bits per heavy atom. The van der Waals surface area contributed by atoms with Crippen molar-refractivity contribution < 1.29 is 19.0 Å². The van der Waals surface area contributed by atoms with Crippen LogP contribution in [0.3, 0.4) is 0 Å². The molecule has 0 radical (unpaired) electrons. The number of hydrogen-bond donors (Lipinski definition) is 0. The molecule has 0 saturated carbocycles. The minimum absolute atomic E-state index is 0.178. The number of aromatic nitrogens is 3. The highest BCUT2D eigenvalue weighted by Gasteiger charge is 2.27. The Morgan fingerprint density at radius 1 is 1.31 bits per heavy atom. The summed E-state index contributed by atoms with van der Waals surface area (Å²) < 4.78 is 18.3. The summed E-state index contributed by atoms with van der Waals surface area (Å²) in [6, 6.07) is 9.15. The highest BCUT2D eigenvalue weighted by molar-refractivity contribution is 6.30. The van der Waals surface area contributed by atoms with E-state index in [1.54, 1.807) is 45.0 Å². The molecule has 4 rings (SSSR count). The lowest BCUT2D eigenvalue weighted by Gasteiger charge is -2.25. The van der Waals surface area contributed by atoms with E-state index in [9.17, 15) is 10.1 Å². The van der Waals surface area contributed by atoms with Crippen molar-refractivity contribution >= 4 is 28.6 Å². The molecular weight excluding hydrogens is 432 g/mol. The van der Waals surface area contributed by atoms with Crippen molar-refractivity contribution in [3.8, 4) is 17.7 Å². The number of ether oxygens (including phenoxy) is 3. The molecule has 3 aromatic rings. The van der Waals surface area contributed by atoms with Gasteiger partial charge in [0.1, 0.15) is 28.7 Å². The molecule has 8 nitrogen and oxygen atoms in total. The number of methoxy groups -OCH3 is 1. The number of nitriles is 1. The second kappa shape index (κ2) is 8.32. The number of aryl methyl sites for hydroxylation is 1. The number of pyridine rings is 1. The Balaban J connectivity index is 1.67. The SMILES string of the molecule is COc1nn(C(=O)OC(C)(C)C)c2ccc(O[C@@H]3CCCc4cc(C#N)c(Cl)nc43)cc12.